The van der Waals surface area contributed by atoms with Crippen molar-refractivity contribution in [1.29, 1.82) is 0 Å². The van der Waals surface area contributed by atoms with Gasteiger partial charge in [-0.1, -0.05) is 37.6 Å². The monoisotopic (exact) mass is 468 g/mol. The minimum Gasteiger partial charge on any atom is -0.476 e. The molecular formula is C20H29ClN6OS2. The first-order valence-corrected chi connectivity index (χ1v) is 12.3. The van der Waals surface area contributed by atoms with Gasteiger partial charge in [0.1, 0.15) is 11.4 Å². The van der Waals surface area contributed by atoms with Crippen LogP contribution in [0, 0.1) is 0 Å². The Labute approximate surface area is 192 Å². The molecule has 2 aliphatic rings. The average Bonchev–Trinajstić information content (AvgIpc) is 3.43. The third kappa shape index (κ3) is 6.07. The predicted molar refractivity (Wildman–Crippen MR) is 125 cm³/mol. The Hall–Kier alpha value is -1.39. The summed E-state index contributed by atoms with van der Waals surface area (Å²) in [5.41, 5.74) is 4.28. The second kappa shape index (κ2) is 11.9. The largest absolute Gasteiger partial charge is 0.476 e. The fraction of sp³-hybridized carbons (Fsp3) is 0.600. The van der Waals surface area contributed by atoms with Crippen LogP contribution in [0.15, 0.2) is 12.2 Å². The number of halogens is 1. The van der Waals surface area contributed by atoms with E-state index in [-0.39, 0.29) is 0 Å². The van der Waals surface area contributed by atoms with Gasteiger partial charge in [0.25, 0.3) is 5.88 Å². The third-order valence-electron chi connectivity index (χ3n) is 5.15. The van der Waals surface area contributed by atoms with E-state index in [9.17, 15) is 0 Å². The average molecular weight is 469 g/mol. The van der Waals surface area contributed by atoms with E-state index < -0.39 is 0 Å². The van der Waals surface area contributed by atoms with Crippen molar-refractivity contribution in [1.82, 2.24) is 27.3 Å². The highest BCUT2D eigenvalue weighted by Gasteiger charge is 2.19. The molecule has 0 bridgehead atoms. The standard InChI is InChI=1S/C11H17N3OS.C9H12ClN3S/c1-3-14-7-5-6-9(8-14)10-11(15-4-2)13-16-12-10;1-2-13-5-3-4-7(6-13)8-9(10)12-14-11-8/h6H,3-5,7-8H2,1-2H3;4H,2-3,5-6H2,1H3. The molecule has 0 saturated carbocycles. The second-order valence-electron chi connectivity index (χ2n) is 7.03. The molecule has 0 amide bonds. The van der Waals surface area contributed by atoms with Gasteiger partial charge in [0.15, 0.2) is 5.15 Å². The first-order valence-electron chi connectivity index (χ1n) is 10.4. The number of hydrogen-bond acceptors (Lipinski definition) is 9. The lowest BCUT2D eigenvalue weighted by Gasteiger charge is -2.25. The van der Waals surface area contributed by atoms with Crippen LogP contribution in [0.2, 0.25) is 5.15 Å². The Morgan fingerprint density at radius 2 is 1.43 bits per heavy atom. The minimum atomic E-state index is 0.541. The minimum absolute atomic E-state index is 0.541. The molecule has 0 fully saturated rings. The molecule has 0 radical (unpaired) electrons. The van der Waals surface area contributed by atoms with E-state index in [0.717, 1.165) is 63.5 Å². The Balaban J connectivity index is 0.000000172. The summed E-state index contributed by atoms with van der Waals surface area (Å²) in [5.74, 6) is 0.691. The summed E-state index contributed by atoms with van der Waals surface area (Å²) < 4.78 is 22.2. The molecule has 2 aromatic heterocycles. The number of hydrogen-bond donors (Lipinski definition) is 0. The zero-order chi connectivity index (χ0) is 21.3. The van der Waals surface area contributed by atoms with Crippen molar-refractivity contribution in [3.63, 3.8) is 0 Å². The van der Waals surface area contributed by atoms with Gasteiger partial charge in [-0.05, 0) is 44.0 Å². The van der Waals surface area contributed by atoms with Gasteiger partial charge in [0.05, 0.1) is 30.1 Å². The van der Waals surface area contributed by atoms with Crippen LogP contribution in [0.3, 0.4) is 0 Å². The van der Waals surface area contributed by atoms with E-state index in [1.165, 1.54) is 34.6 Å². The molecule has 7 nitrogen and oxygen atoms in total. The van der Waals surface area contributed by atoms with Crippen LogP contribution in [0.25, 0.3) is 11.1 Å². The molecule has 2 aliphatic heterocycles. The first kappa shape index (κ1) is 23.3. The summed E-state index contributed by atoms with van der Waals surface area (Å²) in [4.78, 5) is 4.79. The molecule has 4 rings (SSSR count). The third-order valence-corrected chi connectivity index (χ3v) is 6.55. The molecule has 2 aromatic rings. The van der Waals surface area contributed by atoms with E-state index in [0.29, 0.717) is 17.6 Å². The molecule has 4 heterocycles. The highest BCUT2D eigenvalue weighted by atomic mass is 35.5. The lowest BCUT2D eigenvalue weighted by molar-refractivity contribution is 0.315. The summed E-state index contributed by atoms with van der Waals surface area (Å²) in [5, 5.41) is 0.541. The molecule has 0 atom stereocenters. The van der Waals surface area contributed by atoms with Crippen molar-refractivity contribution in [3.05, 3.63) is 28.7 Å². The quantitative estimate of drug-likeness (QED) is 0.624. The van der Waals surface area contributed by atoms with Crippen molar-refractivity contribution in [3.8, 4) is 5.88 Å². The summed E-state index contributed by atoms with van der Waals surface area (Å²) in [6.07, 6.45) is 6.64. The lowest BCUT2D eigenvalue weighted by atomic mass is 10.1. The number of ether oxygens (including phenoxy) is 1. The fourth-order valence-electron chi connectivity index (χ4n) is 3.47. The van der Waals surface area contributed by atoms with Crippen LogP contribution in [-0.2, 0) is 0 Å². The van der Waals surface area contributed by atoms with Gasteiger partial charge in [-0.3, -0.25) is 9.80 Å². The highest BCUT2D eigenvalue weighted by molar-refractivity contribution is 6.99. The summed E-state index contributed by atoms with van der Waals surface area (Å²) in [7, 11) is 0. The fourth-order valence-corrected chi connectivity index (χ4v) is 4.79. The van der Waals surface area contributed by atoms with Crippen LogP contribution >= 0.6 is 35.1 Å². The van der Waals surface area contributed by atoms with Crippen molar-refractivity contribution >= 4 is 46.2 Å². The molecule has 0 aromatic carbocycles. The summed E-state index contributed by atoms with van der Waals surface area (Å²) >= 11 is 8.34. The topological polar surface area (TPSA) is 67.3 Å². The van der Waals surface area contributed by atoms with Gasteiger partial charge in [0.2, 0.25) is 0 Å². The van der Waals surface area contributed by atoms with Gasteiger partial charge >= 0.3 is 0 Å². The van der Waals surface area contributed by atoms with E-state index in [1.54, 1.807) is 0 Å². The molecule has 30 heavy (non-hydrogen) atoms. The van der Waals surface area contributed by atoms with Gasteiger partial charge in [0, 0.05) is 26.2 Å². The smallest absolute Gasteiger partial charge is 0.253 e. The van der Waals surface area contributed by atoms with E-state index in [4.69, 9.17) is 16.3 Å². The molecule has 0 spiro atoms. The molecular weight excluding hydrogens is 440 g/mol. The number of aromatic nitrogens is 4. The Bertz CT molecular complexity index is 865. The summed E-state index contributed by atoms with van der Waals surface area (Å²) in [6, 6.07) is 0. The highest BCUT2D eigenvalue weighted by Crippen LogP contribution is 2.27. The molecule has 0 aliphatic carbocycles. The second-order valence-corrected chi connectivity index (χ2v) is 8.44. The number of rotatable bonds is 6. The maximum atomic E-state index is 5.94. The number of likely N-dealkylation sites (N-methyl/N-ethyl adjacent to an activating group) is 2. The van der Waals surface area contributed by atoms with Crippen LogP contribution < -0.4 is 4.74 Å². The van der Waals surface area contributed by atoms with Gasteiger partial charge in [-0.25, -0.2) is 0 Å². The van der Waals surface area contributed by atoms with Crippen molar-refractivity contribution < 1.29 is 4.74 Å². The SMILES string of the molecule is CCN1CCC=C(c2nsnc2Cl)C1.CCOc1nsnc1C1=CCCN(CC)C1. The Kier molecular flexibility index (Phi) is 9.20. The van der Waals surface area contributed by atoms with E-state index >= 15 is 0 Å². The van der Waals surface area contributed by atoms with E-state index in [1.807, 2.05) is 6.92 Å². The van der Waals surface area contributed by atoms with Crippen molar-refractivity contribution in [2.45, 2.75) is 33.6 Å². The lowest BCUT2D eigenvalue weighted by Crippen LogP contribution is -2.29. The molecule has 0 unspecified atom stereocenters. The normalized spacial score (nSPS) is 17.7. The first-order chi connectivity index (χ1) is 14.7. The molecule has 10 heteroatoms. The van der Waals surface area contributed by atoms with Gasteiger partial charge < -0.3 is 4.74 Å². The maximum Gasteiger partial charge on any atom is 0.253 e. The van der Waals surface area contributed by atoms with Crippen LogP contribution in [0.4, 0.5) is 0 Å². The van der Waals surface area contributed by atoms with Crippen LogP contribution in [0.5, 0.6) is 5.88 Å². The van der Waals surface area contributed by atoms with E-state index in [2.05, 4.69) is 53.3 Å². The van der Waals surface area contributed by atoms with Gasteiger partial charge in [-0.2, -0.15) is 13.1 Å². The zero-order valence-corrected chi connectivity index (χ0v) is 20.2. The number of nitrogens with zero attached hydrogens (tertiary/aromatic N) is 6. The van der Waals surface area contributed by atoms with Gasteiger partial charge in [-0.15, -0.1) is 4.37 Å². The van der Waals surface area contributed by atoms with Crippen molar-refractivity contribution in [2.75, 3.05) is 45.9 Å². The molecule has 164 valence electrons. The Morgan fingerprint density at radius 1 is 0.867 bits per heavy atom. The van der Waals surface area contributed by atoms with Crippen molar-refractivity contribution in [2.24, 2.45) is 0 Å². The zero-order valence-electron chi connectivity index (χ0n) is 17.8. The van der Waals surface area contributed by atoms with Crippen LogP contribution in [-0.4, -0.2) is 73.2 Å². The maximum absolute atomic E-state index is 5.94. The predicted octanol–water partition coefficient (Wildman–Crippen LogP) is 4.35. The summed E-state index contributed by atoms with van der Waals surface area (Å²) in [6.45, 7) is 13.3. The molecule has 0 saturated heterocycles. The Morgan fingerprint density at radius 3 is 1.97 bits per heavy atom. The van der Waals surface area contributed by atoms with Crippen LogP contribution in [0.1, 0.15) is 45.0 Å². The molecule has 0 N–H and O–H groups in total.